The standard InChI is InChI=1S/C21H26S/c1-12(2)18-19-13(3)8-7-9-17(19)11-22-21-15(5)10-14(4)16(6)20(18)21/h7-10,12,18H,11H2,1-6H3. The fraction of sp³-hybridized carbons (Fsp3) is 0.429. The molecule has 0 radical (unpaired) electrons. The lowest BCUT2D eigenvalue weighted by Gasteiger charge is -2.28. The van der Waals surface area contributed by atoms with Crippen molar-refractivity contribution in [3.05, 3.63) is 63.2 Å². The Balaban J connectivity index is 2.37. The van der Waals surface area contributed by atoms with Crippen LogP contribution in [0.15, 0.2) is 29.2 Å². The highest BCUT2D eigenvalue weighted by atomic mass is 32.2. The summed E-state index contributed by atoms with van der Waals surface area (Å²) in [5, 5.41) is 0. The van der Waals surface area contributed by atoms with Crippen LogP contribution < -0.4 is 0 Å². The van der Waals surface area contributed by atoms with Gasteiger partial charge in [0.2, 0.25) is 0 Å². The molecule has 0 N–H and O–H groups in total. The van der Waals surface area contributed by atoms with E-state index in [1.54, 1.807) is 11.1 Å². The van der Waals surface area contributed by atoms with E-state index >= 15 is 0 Å². The topological polar surface area (TPSA) is 0 Å². The Morgan fingerprint density at radius 1 is 0.955 bits per heavy atom. The third-order valence-corrected chi connectivity index (χ3v) is 6.39. The van der Waals surface area contributed by atoms with Crippen LogP contribution in [0, 0.1) is 33.6 Å². The van der Waals surface area contributed by atoms with Gasteiger partial charge in [-0.1, -0.05) is 38.1 Å². The molecule has 0 bridgehead atoms. The molecule has 0 nitrogen and oxygen atoms in total. The van der Waals surface area contributed by atoms with Crippen molar-refractivity contribution in [2.45, 2.75) is 58.1 Å². The quantitative estimate of drug-likeness (QED) is 0.594. The second kappa shape index (κ2) is 5.77. The number of rotatable bonds is 1. The van der Waals surface area contributed by atoms with Gasteiger partial charge in [-0.05, 0) is 72.6 Å². The molecule has 0 spiro atoms. The second-order valence-electron chi connectivity index (χ2n) is 7.04. The Morgan fingerprint density at radius 2 is 1.68 bits per heavy atom. The van der Waals surface area contributed by atoms with E-state index in [1.807, 2.05) is 11.8 Å². The van der Waals surface area contributed by atoms with E-state index in [-0.39, 0.29) is 0 Å². The Kier molecular flexibility index (Phi) is 4.11. The van der Waals surface area contributed by atoms with Crippen LogP contribution in [0.2, 0.25) is 0 Å². The zero-order valence-electron chi connectivity index (χ0n) is 14.6. The molecule has 1 unspecified atom stereocenters. The van der Waals surface area contributed by atoms with Gasteiger partial charge in [-0.25, -0.2) is 0 Å². The van der Waals surface area contributed by atoms with E-state index < -0.39 is 0 Å². The van der Waals surface area contributed by atoms with Gasteiger partial charge in [0, 0.05) is 16.6 Å². The molecule has 2 aromatic carbocycles. The molecule has 0 aliphatic carbocycles. The summed E-state index contributed by atoms with van der Waals surface area (Å²) in [4.78, 5) is 1.53. The Bertz CT molecular complexity index is 725. The predicted molar refractivity (Wildman–Crippen MR) is 98.1 cm³/mol. The summed E-state index contributed by atoms with van der Waals surface area (Å²) in [6.07, 6.45) is 0. The summed E-state index contributed by atoms with van der Waals surface area (Å²) < 4.78 is 0. The van der Waals surface area contributed by atoms with Crippen molar-refractivity contribution < 1.29 is 0 Å². The summed E-state index contributed by atoms with van der Waals surface area (Å²) in [7, 11) is 0. The van der Waals surface area contributed by atoms with Crippen LogP contribution in [0.25, 0.3) is 0 Å². The molecule has 0 fully saturated rings. The van der Waals surface area contributed by atoms with Crippen molar-refractivity contribution in [2.75, 3.05) is 0 Å². The summed E-state index contributed by atoms with van der Waals surface area (Å²) in [5.41, 5.74) is 10.5. The largest absolute Gasteiger partial charge is 0.121 e. The fourth-order valence-corrected chi connectivity index (χ4v) is 5.21. The third-order valence-electron chi connectivity index (χ3n) is 5.11. The van der Waals surface area contributed by atoms with Gasteiger partial charge in [0.05, 0.1) is 0 Å². The number of aryl methyl sites for hydroxylation is 3. The van der Waals surface area contributed by atoms with Crippen LogP contribution in [0.3, 0.4) is 0 Å². The highest BCUT2D eigenvalue weighted by Gasteiger charge is 2.30. The SMILES string of the molecule is Cc1cc(C)c2c(c1C)C(C(C)C)c1c(C)cccc1CS2. The molecule has 0 saturated carbocycles. The predicted octanol–water partition coefficient (Wildman–Crippen LogP) is 6.31. The van der Waals surface area contributed by atoms with E-state index in [2.05, 4.69) is 65.8 Å². The smallest absolute Gasteiger partial charge is 0.0235 e. The Morgan fingerprint density at radius 3 is 2.36 bits per heavy atom. The number of hydrogen-bond donors (Lipinski definition) is 0. The van der Waals surface area contributed by atoms with Gasteiger partial charge in [-0.15, -0.1) is 11.8 Å². The van der Waals surface area contributed by atoms with Gasteiger partial charge in [0.1, 0.15) is 0 Å². The Labute approximate surface area is 139 Å². The monoisotopic (exact) mass is 310 g/mol. The van der Waals surface area contributed by atoms with Crippen LogP contribution in [0.1, 0.15) is 58.7 Å². The molecule has 1 aliphatic rings. The van der Waals surface area contributed by atoms with Gasteiger partial charge >= 0.3 is 0 Å². The van der Waals surface area contributed by atoms with Crippen LogP contribution >= 0.6 is 11.8 Å². The zero-order chi connectivity index (χ0) is 16.0. The van der Waals surface area contributed by atoms with Gasteiger partial charge in [0.15, 0.2) is 0 Å². The van der Waals surface area contributed by atoms with Gasteiger partial charge < -0.3 is 0 Å². The highest BCUT2D eigenvalue weighted by Crippen LogP contribution is 2.48. The van der Waals surface area contributed by atoms with E-state index in [0.29, 0.717) is 11.8 Å². The molecule has 116 valence electrons. The molecule has 0 aromatic heterocycles. The van der Waals surface area contributed by atoms with E-state index in [1.165, 1.54) is 32.7 Å². The van der Waals surface area contributed by atoms with Crippen LogP contribution in [0.4, 0.5) is 0 Å². The molecule has 1 heteroatoms. The number of benzene rings is 2. The first-order valence-corrected chi connectivity index (χ1v) is 9.22. The van der Waals surface area contributed by atoms with Crippen molar-refractivity contribution in [2.24, 2.45) is 5.92 Å². The van der Waals surface area contributed by atoms with Gasteiger partial charge in [0.25, 0.3) is 0 Å². The van der Waals surface area contributed by atoms with Crippen LogP contribution in [-0.4, -0.2) is 0 Å². The fourth-order valence-electron chi connectivity index (χ4n) is 3.93. The molecule has 3 rings (SSSR count). The molecule has 2 aromatic rings. The number of thioether (sulfide) groups is 1. The van der Waals surface area contributed by atoms with E-state index in [0.717, 1.165) is 5.75 Å². The second-order valence-corrected chi connectivity index (χ2v) is 8.02. The molecule has 1 atom stereocenters. The van der Waals surface area contributed by atoms with Crippen molar-refractivity contribution >= 4 is 11.8 Å². The van der Waals surface area contributed by atoms with Gasteiger partial charge in [-0.3, -0.25) is 0 Å². The summed E-state index contributed by atoms with van der Waals surface area (Å²) in [6, 6.07) is 9.18. The molecule has 1 aliphatic heterocycles. The summed E-state index contributed by atoms with van der Waals surface area (Å²) in [5.74, 6) is 2.22. The van der Waals surface area contributed by atoms with Crippen molar-refractivity contribution in [3.8, 4) is 0 Å². The summed E-state index contributed by atoms with van der Waals surface area (Å²) in [6.45, 7) is 13.9. The first kappa shape index (κ1) is 15.7. The lowest BCUT2D eigenvalue weighted by atomic mass is 9.76. The van der Waals surface area contributed by atoms with E-state index in [4.69, 9.17) is 0 Å². The molecular weight excluding hydrogens is 284 g/mol. The van der Waals surface area contributed by atoms with E-state index in [9.17, 15) is 0 Å². The minimum atomic E-state index is 0.514. The summed E-state index contributed by atoms with van der Waals surface area (Å²) >= 11 is 2.03. The molecule has 1 heterocycles. The van der Waals surface area contributed by atoms with Crippen LogP contribution in [0.5, 0.6) is 0 Å². The highest BCUT2D eigenvalue weighted by molar-refractivity contribution is 7.98. The molecule has 0 saturated heterocycles. The van der Waals surface area contributed by atoms with Crippen molar-refractivity contribution in [1.82, 2.24) is 0 Å². The number of hydrogen-bond acceptors (Lipinski definition) is 1. The maximum atomic E-state index is 2.37. The third kappa shape index (κ3) is 2.40. The van der Waals surface area contributed by atoms with Crippen molar-refractivity contribution in [3.63, 3.8) is 0 Å². The number of fused-ring (bicyclic) bond motifs is 2. The zero-order valence-corrected chi connectivity index (χ0v) is 15.4. The first-order chi connectivity index (χ1) is 10.4. The lowest BCUT2D eigenvalue weighted by Crippen LogP contribution is -2.14. The minimum Gasteiger partial charge on any atom is -0.121 e. The minimum absolute atomic E-state index is 0.514. The molecule has 0 amide bonds. The molecule has 22 heavy (non-hydrogen) atoms. The maximum Gasteiger partial charge on any atom is 0.0235 e. The normalized spacial score (nSPS) is 17.1. The molecular formula is C21H26S. The Hall–Kier alpha value is -1.21. The average molecular weight is 311 g/mol. The maximum absolute atomic E-state index is 2.37. The first-order valence-electron chi connectivity index (χ1n) is 8.23. The van der Waals surface area contributed by atoms with Crippen LogP contribution in [-0.2, 0) is 5.75 Å². The lowest BCUT2D eigenvalue weighted by molar-refractivity contribution is 0.550. The average Bonchev–Trinajstić information content (AvgIpc) is 2.63. The van der Waals surface area contributed by atoms with Gasteiger partial charge in [-0.2, -0.15) is 0 Å². The van der Waals surface area contributed by atoms with Crippen molar-refractivity contribution in [1.29, 1.82) is 0 Å².